The van der Waals surface area contributed by atoms with E-state index in [9.17, 15) is 22.0 Å². The third-order valence-electron chi connectivity index (χ3n) is 2.52. The highest BCUT2D eigenvalue weighted by atomic mass is 32.2. The number of nitrogens with two attached hydrogens (primary N) is 1. The van der Waals surface area contributed by atoms with Crippen LogP contribution in [0.1, 0.15) is 10.4 Å². The van der Waals surface area contributed by atoms with E-state index in [-0.39, 0.29) is 0 Å². The average Bonchev–Trinajstić information content (AvgIpc) is 2.69. The van der Waals surface area contributed by atoms with Gasteiger partial charge in [0.15, 0.2) is 5.82 Å². The van der Waals surface area contributed by atoms with E-state index < -0.39 is 43.8 Å². The van der Waals surface area contributed by atoms with Crippen LogP contribution < -0.4 is 10.5 Å². The predicted octanol–water partition coefficient (Wildman–Crippen LogP) is 0.598. The Morgan fingerprint density at radius 3 is 2.43 bits per heavy atom. The quantitative estimate of drug-likeness (QED) is 0.864. The summed E-state index contributed by atoms with van der Waals surface area (Å²) in [7, 11) is -2.75. The fraction of sp³-hybridized carbons (Fsp3) is 0.0909. The van der Waals surface area contributed by atoms with E-state index in [0.29, 0.717) is 0 Å². The van der Waals surface area contributed by atoms with Gasteiger partial charge in [0.25, 0.3) is 5.91 Å². The number of aryl methyl sites for hydroxylation is 1. The van der Waals surface area contributed by atoms with E-state index >= 15 is 0 Å². The number of hydrogen-bond acceptors (Lipinski definition) is 4. The smallest absolute Gasteiger partial charge is 0.262 e. The van der Waals surface area contributed by atoms with Crippen molar-refractivity contribution in [3.63, 3.8) is 0 Å². The Kier molecular flexibility index (Phi) is 3.75. The molecule has 0 aliphatic carbocycles. The summed E-state index contributed by atoms with van der Waals surface area (Å²) in [5.74, 6) is -3.75. The Bertz CT molecular complexity index is 797. The maximum atomic E-state index is 13.5. The number of anilines is 1. The van der Waals surface area contributed by atoms with Crippen molar-refractivity contribution in [3.8, 4) is 0 Å². The van der Waals surface area contributed by atoms with E-state index in [2.05, 4.69) is 5.10 Å². The van der Waals surface area contributed by atoms with Crippen molar-refractivity contribution in [3.05, 3.63) is 41.6 Å². The zero-order chi connectivity index (χ0) is 15.8. The van der Waals surface area contributed by atoms with Crippen LogP contribution in [0, 0.1) is 11.6 Å². The lowest BCUT2D eigenvalue weighted by atomic mass is 10.2. The standard InChI is InChI=1S/C11H10F2N4O3S/c1-17-5-8(21(14,19)20)10(16-17)15-11(18)9-6(12)3-2-4-7(9)13/h2-5H,1H3,(H2,14,19,20)(H,15,16,18). The van der Waals surface area contributed by atoms with Crippen LogP contribution >= 0.6 is 0 Å². The molecular weight excluding hydrogens is 306 g/mol. The maximum absolute atomic E-state index is 13.5. The molecule has 0 aliphatic rings. The minimum atomic E-state index is -4.15. The normalized spacial score (nSPS) is 11.4. The van der Waals surface area contributed by atoms with Crippen molar-refractivity contribution in [2.45, 2.75) is 4.90 Å². The molecule has 0 saturated heterocycles. The van der Waals surface area contributed by atoms with Gasteiger partial charge in [-0.25, -0.2) is 22.3 Å². The SMILES string of the molecule is Cn1cc(S(N)(=O)=O)c(NC(=O)c2c(F)cccc2F)n1. The number of carbonyl (C=O) groups is 1. The molecule has 2 rings (SSSR count). The fourth-order valence-corrected chi connectivity index (χ4v) is 2.31. The number of nitrogens with zero attached hydrogens (tertiary/aromatic N) is 2. The molecule has 0 saturated carbocycles. The first-order chi connectivity index (χ1) is 9.70. The number of benzene rings is 1. The van der Waals surface area contributed by atoms with Gasteiger partial charge in [-0.3, -0.25) is 9.48 Å². The number of rotatable bonds is 3. The molecule has 1 amide bonds. The zero-order valence-electron chi connectivity index (χ0n) is 10.7. The summed E-state index contributed by atoms with van der Waals surface area (Å²) >= 11 is 0. The van der Waals surface area contributed by atoms with Crippen molar-refractivity contribution in [1.82, 2.24) is 9.78 Å². The molecule has 21 heavy (non-hydrogen) atoms. The number of amides is 1. The van der Waals surface area contributed by atoms with Gasteiger partial charge in [0.05, 0.1) is 0 Å². The van der Waals surface area contributed by atoms with Gasteiger partial charge < -0.3 is 5.32 Å². The van der Waals surface area contributed by atoms with E-state index in [1.54, 1.807) is 0 Å². The van der Waals surface area contributed by atoms with Gasteiger partial charge >= 0.3 is 0 Å². The summed E-state index contributed by atoms with van der Waals surface area (Å²) in [4.78, 5) is 11.4. The van der Waals surface area contributed by atoms with Gasteiger partial charge in [0, 0.05) is 13.2 Å². The van der Waals surface area contributed by atoms with Gasteiger partial charge in [-0.15, -0.1) is 0 Å². The molecule has 0 unspecified atom stereocenters. The summed E-state index contributed by atoms with van der Waals surface area (Å²) in [6, 6.07) is 2.89. The van der Waals surface area contributed by atoms with Crippen molar-refractivity contribution in [2.24, 2.45) is 12.2 Å². The van der Waals surface area contributed by atoms with E-state index in [4.69, 9.17) is 5.14 Å². The molecule has 0 fully saturated rings. The highest BCUT2D eigenvalue weighted by Gasteiger charge is 2.23. The zero-order valence-corrected chi connectivity index (χ0v) is 11.5. The van der Waals surface area contributed by atoms with E-state index in [1.807, 2.05) is 5.32 Å². The first-order valence-corrected chi connectivity index (χ1v) is 7.06. The molecule has 1 heterocycles. The second-order valence-corrected chi connectivity index (χ2v) is 5.64. The number of hydrogen-bond donors (Lipinski definition) is 2. The Morgan fingerprint density at radius 2 is 1.90 bits per heavy atom. The molecule has 0 spiro atoms. The first kappa shape index (κ1) is 15.1. The molecule has 10 heteroatoms. The Morgan fingerprint density at radius 1 is 1.33 bits per heavy atom. The molecule has 112 valence electrons. The molecule has 1 aromatic heterocycles. The lowest BCUT2D eigenvalue weighted by Gasteiger charge is -2.06. The first-order valence-electron chi connectivity index (χ1n) is 5.52. The molecule has 0 radical (unpaired) electrons. The molecule has 0 aliphatic heterocycles. The van der Waals surface area contributed by atoms with Crippen LogP contribution in [-0.2, 0) is 17.1 Å². The highest BCUT2D eigenvalue weighted by Crippen LogP contribution is 2.20. The van der Waals surface area contributed by atoms with Crippen molar-refractivity contribution in [2.75, 3.05) is 5.32 Å². The van der Waals surface area contributed by atoms with Crippen LogP contribution in [0.4, 0.5) is 14.6 Å². The predicted molar refractivity (Wildman–Crippen MR) is 68.9 cm³/mol. The summed E-state index contributed by atoms with van der Waals surface area (Å²) in [5, 5.41) is 10.7. The lowest BCUT2D eigenvalue weighted by Crippen LogP contribution is -2.19. The third-order valence-corrected chi connectivity index (χ3v) is 3.44. The summed E-state index contributed by atoms with van der Waals surface area (Å²) in [6.45, 7) is 0. The van der Waals surface area contributed by atoms with Gasteiger partial charge in [-0.2, -0.15) is 5.10 Å². The Balaban J connectivity index is 2.42. The van der Waals surface area contributed by atoms with Crippen molar-refractivity contribution >= 4 is 21.7 Å². The molecule has 1 aromatic carbocycles. The Labute approximate surface area is 118 Å². The van der Waals surface area contributed by atoms with Crippen molar-refractivity contribution < 1.29 is 22.0 Å². The summed E-state index contributed by atoms with van der Waals surface area (Å²) < 4.78 is 50.7. The fourth-order valence-electron chi connectivity index (χ4n) is 1.65. The molecular formula is C11H10F2N4O3S. The number of aromatic nitrogens is 2. The van der Waals surface area contributed by atoms with Crippen LogP contribution in [0.5, 0.6) is 0 Å². The number of nitrogens with one attached hydrogen (secondary N) is 1. The van der Waals surface area contributed by atoms with Crippen molar-refractivity contribution in [1.29, 1.82) is 0 Å². The minimum absolute atomic E-state index is 0.410. The lowest BCUT2D eigenvalue weighted by molar-refractivity contribution is 0.101. The molecule has 3 N–H and O–H groups in total. The van der Waals surface area contributed by atoms with Crippen LogP contribution in [0.3, 0.4) is 0 Å². The van der Waals surface area contributed by atoms with Crippen LogP contribution in [0.2, 0.25) is 0 Å². The van der Waals surface area contributed by atoms with Crippen LogP contribution in [0.25, 0.3) is 0 Å². The van der Waals surface area contributed by atoms with Gasteiger partial charge in [0.2, 0.25) is 10.0 Å². The largest absolute Gasteiger partial charge is 0.304 e. The molecule has 7 nitrogen and oxygen atoms in total. The highest BCUT2D eigenvalue weighted by molar-refractivity contribution is 7.89. The molecule has 0 atom stereocenters. The monoisotopic (exact) mass is 316 g/mol. The molecule has 2 aromatic rings. The van der Waals surface area contributed by atoms with E-state index in [1.165, 1.54) is 7.05 Å². The minimum Gasteiger partial charge on any atom is -0.304 e. The summed E-state index contributed by atoms with van der Waals surface area (Å²) in [5.41, 5.74) is -0.844. The second-order valence-electron chi connectivity index (χ2n) is 4.11. The van der Waals surface area contributed by atoms with Gasteiger partial charge in [-0.1, -0.05) is 6.07 Å². The second kappa shape index (κ2) is 5.22. The number of sulfonamides is 1. The topological polar surface area (TPSA) is 107 Å². The van der Waals surface area contributed by atoms with E-state index in [0.717, 1.165) is 29.1 Å². The van der Waals surface area contributed by atoms with Crippen LogP contribution in [0.15, 0.2) is 29.3 Å². The van der Waals surface area contributed by atoms with Gasteiger partial charge in [-0.05, 0) is 12.1 Å². The average molecular weight is 316 g/mol. The number of carbonyl (C=O) groups excluding carboxylic acids is 1. The third kappa shape index (κ3) is 3.06. The number of halogens is 2. The number of primary sulfonamides is 1. The van der Waals surface area contributed by atoms with Crippen LogP contribution in [-0.4, -0.2) is 24.1 Å². The summed E-state index contributed by atoms with van der Waals surface area (Å²) in [6.07, 6.45) is 1.06. The maximum Gasteiger partial charge on any atom is 0.262 e. The van der Waals surface area contributed by atoms with Gasteiger partial charge in [0.1, 0.15) is 22.1 Å². The Hall–Kier alpha value is -2.33. The molecule has 0 bridgehead atoms.